The molecule has 1 aliphatic heterocycles. The molecule has 1 aliphatic rings. The van der Waals surface area contributed by atoms with Crippen LogP contribution in [-0.2, 0) is 17.9 Å². The Kier molecular flexibility index (Phi) is 6.36. The molecule has 3 aromatic rings. The number of benzene rings is 2. The van der Waals surface area contributed by atoms with Crippen LogP contribution in [0.4, 0.5) is 24.7 Å². The molecular weight excluding hydrogens is 461 g/mol. The van der Waals surface area contributed by atoms with Gasteiger partial charge < -0.3 is 29.6 Å². The van der Waals surface area contributed by atoms with Crippen LogP contribution < -0.4 is 14.8 Å². The van der Waals surface area contributed by atoms with Crippen LogP contribution in [0.25, 0.3) is 0 Å². The number of carbonyl (C=O) groups is 1. The number of hydrogen-bond donors (Lipinski definition) is 1. The summed E-state index contributed by atoms with van der Waals surface area (Å²) in [5.41, 5.74) is 1.44. The lowest BCUT2D eigenvalue weighted by molar-refractivity contribution is -0.389. The van der Waals surface area contributed by atoms with Crippen molar-refractivity contribution in [2.24, 2.45) is 0 Å². The number of nitrogens with one attached hydrogen (secondary N) is 1. The smallest absolute Gasteiger partial charge is 0.443 e. The van der Waals surface area contributed by atoms with Gasteiger partial charge in [-0.3, -0.25) is 9.36 Å². The molecule has 1 aromatic heterocycles. The van der Waals surface area contributed by atoms with E-state index in [1.807, 2.05) is 0 Å². The van der Waals surface area contributed by atoms with Gasteiger partial charge in [0.15, 0.2) is 0 Å². The van der Waals surface area contributed by atoms with Crippen LogP contribution in [0.1, 0.15) is 15.9 Å². The molecule has 0 spiro atoms. The van der Waals surface area contributed by atoms with E-state index in [-0.39, 0.29) is 36.9 Å². The van der Waals surface area contributed by atoms with E-state index in [2.05, 4.69) is 15.0 Å². The predicted octanol–water partition coefficient (Wildman–Crippen LogP) is 3.92. The fraction of sp³-hybridized carbons (Fsp3) is 0.238. The lowest BCUT2D eigenvalue weighted by Crippen LogP contribution is -2.32. The normalized spacial score (nSPS) is 15.2. The van der Waals surface area contributed by atoms with Crippen molar-refractivity contribution in [2.75, 3.05) is 11.9 Å². The first-order valence-electron chi connectivity index (χ1n) is 9.88. The summed E-state index contributed by atoms with van der Waals surface area (Å²) in [5.74, 6) is -1.12. The molecule has 4 rings (SSSR count). The van der Waals surface area contributed by atoms with Gasteiger partial charge in [-0.25, -0.2) is 0 Å². The highest BCUT2D eigenvalue weighted by molar-refractivity contribution is 6.04. The summed E-state index contributed by atoms with van der Waals surface area (Å²) in [6, 6.07) is 11.5. The average Bonchev–Trinajstić information content (AvgIpc) is 3.22. The van der Waals surface area contributed by atoms with E-state index >= 15 is 0 Å². The minimum Gasteiger partial charge on any atom is -0.443 e. The number of rotatable bonds is 7. The minimum absolute atomic E-state index is 0.171. The highest BCUT2D eigenvalue weighted by Crippen LogP contribution is 2.25. The Morgan fingerprint density at radius 3 is 2.56 bits per heavy atom. The van der Waals surface area contributed by atoms with Gasteiger partial charge in [0.1, 0.15) is 24.7 Å². The van der Waals surface area contributed by atoms with Gasteiger partial charge in [0.2, 0.25) is 0 Å². The first kappa shape index (κ1) is 23.0. The monoisotopic (exact) mass is 478 g/mol. The number of hydrogen-bond acceptors (Lipinski definition) is 7. The number of amides is 1. The molecule has 2 aromatic carbocycles. The fourth-order valence-electron chi connectivity index (χ4n) is 3.17. The van der Waals surface area contributed by atoms with Gasteiger partial charge >= 0.3 is 18.2 Å². The maximum atomic E-state index is 12.4. The summed E-state index contributed by atoms with van der Waals surface area (Å²) >= 11 is 0. The number of nitro groups is 1. The maximum absolute atomic E-state index is 12.4. The van der Waals surface area contributed by atoms with E-state index in [9.17, 15) is 28.1 Å². The Balaban J connectivity index is 1.28. The van der Waals surface area contributed by atoms with E-state index in [1.54, 1.807) is 24.3 Å². The van der Waals surface area contributed by atoms with Gasteiger partial charge in [-0.15, -0.1) is 13.2 Å². The second-order valence-corrected chi connectivity index (χ2v) is 7.26. The summed E-state index contributed by atoms with van der Waals surface area (Å²) in [6.45, 7) is 0.771. The van der Waals surface area contributed by atoms with Crippen molar-refractivity contribution in [2.45, 2.75) is 25.6 Å². The van der Waals surface area contributed by atoms with Gasteiger partial charge in [-0.2, -0.15) is 0 Å². The summed E-state index contributed by atoms with van der Waals surface area (Å²) in [5, 5.41) is 13.4. The van der Waals surface area contributed by atoms with Crippen molar-refractivity contribution in [3.05, 3.63) is 76.0 Å². The molecular formula is C21H17F3N4O6. The number of nitrogens with zero attached hydrogens (tertiary/aromatic N) is 3. The minimum atomic E-state index is -4.79. The topological polar surface area (TPSA) is 118 Å². The van der Waals surface area contributed by atoms with Crippen molar-refractivity contribution >= 4 is 17.4 Å². The van der Waals surface area contributed by atoms with Gasteiger partial charge in [0.05, 0.1) is 13.2 Å². The second-order valence-electron chi connectivity index (χ2n) is 7.26. The zero-order valence-electron chi connectivity index (χ0n) is 17.3. The van der Waals surface area contributed by atoms with Gasteiger partial charge in [0, 0.05) is 16.2 Å². The van der Waals surface area contributed by atoms with E-state index < -0.39 is 17.2 Å². The zero-order chi connectivity index (χ0) is 24.3. The number of fused-ring (bicyclic) bond motifs is 1. The average molecular weight is 478 g/mol. The molecule has 1 atom stereocenters. The first-order valence-corrected chi connectivity index (χ1v) is 9.88. The summed E-state index contributed by atoms with van der Waals surface area (Å²) in [4.78, 5) is 26.4. The summed E-state index contributed by atoms with van der Waals surface area (Å²) < 4.78 is 53.2. The Labute approximate surface area is 190 Å². The number of imidazole rings is 1. The highest BCUT2D eigenvalue weighted by Gasteiger charge is 2.31. The van der Waals surface area contributed by atoms with Crippen LogP contribution in [0.15, 0.2) is 54.7 Å². The first-order chi connectivity index (χ1) is 16.2. The summed E-state index contributed by atoms with van der Waals surface area (Å²) in [7, 11) is 0. The standard InChI is InChI=1S/C21H17F3N4O6/c22-21(23,24)34-16-7-5-15(6-8-16)25-19(29)14-3-1-13(2-4-14)11-32-17-9-27-10-18(28(30)31)26-20(27)33-12-17/h1-8,10,17H,9,11-12H2,(H,25,29)/t17-/m0/s1. The third-order valence-electron chi connectivity index (χ3n) is 4.76. The Morgan fingerprint density at radius 2 is 1.91 bits per heavy atom. The molecule has 0 aliphatic carbocycles. The van der Waals surface area contributed by atoms with Crippen molar-refractivity contribution < 1.29 is 37.1 Å². The molecule has 0 saturated heterocycles. The van der Waals surface area contributed by atoms with Crippen LogP contribution in [-0.4, -0.2) is 39.5 Å². The lowest BCUT2D eigenvalue weighted by Gasteiger charge is -2.22. The molecule has 1 amide bonds. The molecule has 2 heterocycles. The van der Waals surface area contributed by atoms with E-state index in [4.69, 9.17) is 9.47 Å². The van der Waals surface area contributed by atoms with E-state index in [1.165, 1.54) is 22.9 Å². The lowest BCUT2D eigenvalue weighted by atomic mass is 10.1. The quantitative estimate of drug-likeness (QED) is 0.404. The third-order valence-corrected chi connectivity index (χ3v) is 4.76. The third kappa shape index (κ3) is 5.81. The second kappa shape index (κ2) is 9.39. The molecule has 178 valence electrons. The van der Waals surface area contributed by atoms with Crippen LogP contribution in [0, 0.1) is 10.1 Å². The molecule has 0 bridgehead atoms. The van der Waals surface area contributed by atoms with E-state index in [0.29, 0.717) is 17.8 Å². The highest BCUT2D eigenvalue weighted by atomic mass is 19.4. The molecule has 10 nitrogen and oxygen atoms in total. The SMILES string of the molecule is O=C(Nc1ccc(OC(F)(F)F)cc1)c1ccc(CO[C@@H]2COc3nc([N+](=O)[O-])cn3C2)cc1. The Bertz CT molecular complexity index is 1180. The summed E-state index contributed by atoms with van der Waals surface area (Å²) in [6.07, 6.45) is -3.84. The number of anilines is 1. The maximum Gasteiger partial charge on any atom is 0.573 e. The zero-order valence-corrected chi connectivity index (χ0v) is 17.3. The van der Waals surface area contributed by atoms with Crippen LogP contribution in [0.5, 0.6) is 11.8 Å². The predicted molar refractivity (Wildman–Crippen MR) is 110 cm³/mol. The molecule has 1 N–H and O–H groups in total. The number of halogens is 3. The largest absolute Gasteiger partial charge is 0.573 e. The Hall–Kier alpha value is -4.13. The molecule has 34 heavy (non-hydrogen) atoms. The van der Waals surface area contributed by atoms with Gasteiger partial charge in [-0.1, -0.05) is 12.1 Å². The Morgan fingerprint density at radius 1 is 1.21 bits per heavy atom. The van der Waals surface area contributed by atoms with Crippen molar-refractivity contribution in [3.8, 4) is 11.8 Å². The van der Waals surface area contributed by atoms with Gasteiger partial charge in [0.25, 0.3) is 5.91 Å². The van der Waals surface area contributed by atoms with E-state index in [0.717, 1.165) is 17.7 Å². The van der Waals surface area contributed by atoms with Gasteiger partial charge in [-0.05, 0) is 46.9 Å². The number of ether oxygens (including phenoxy) is 3. The number of carbonyl (C=O) groups excluding carboxylic acids is 1. The molecule has 0 saturated carbocycles. The molecule has 0 fully saturated rings. The van der Waals surface area contributed by atoms with Crippen LogP contribution in [0.2, 0.25) is 0 Å². The molecule has 0 radical (unpaired) electrons. The van der Waals surface area contributed by atoms with Crippen LogP contribution in [0.3, 0.4) is 0 Å². The number of aromatic nitrogens is 2. The fourth-order valence-corrected chi connectivity index (χ4v) is 3.17. The van der Waals surface area contributed by atoms with Crippen LogP contribution >= 0.6 is 0 Å². The molecule has 13 heteroatoms. The van der Waals surface area contributed by atoms with Crippen molar-refractivity contribution in [3.63, 3.8) is 0 Å². The number of alkyl halides is 3. The van der Waals surface area contributed by atoms with Crippen molar-refractivity contribution in [1.29, 1.82) is 0 Å². The molecule has 0 unspecified atom stereocenters. The van der Waals surface area contributed by atoms with Crippen molar-refractivity contribution in [1.82, 2.24) is 9.55 Å².